The molecule has 1 unspecified atom stereocenters. The van der Waals surface area contributed by atoms with Gasteiger partial charge in [-0.2, -0.15) is 0 Å². The molecule has 5 nitrogen and oxygen atoms in total. The number of halogens is 1. The first-order valence-corrected chi connectivity index (χ1v) is 12.5. The van der Waals surface area contributed by atoms with Crippen molar-refractivity contribution in [3.63, 3.8) is 0 Å². The Labute approximate surface area is 198 Å². The standard InChI is InChI=1S/C25H28ClN3O2S/c1-28-12-14-29(15-13-28)23(17-7-2-4-9-19(17)26)22-18-8-3-5-11-21(18)32-25(22)27-24(30)20-10-6-16-31-20/h2,4,6-7,9-10,16,23H,3,5,8,11-15H2,1H3,(H,27,30). The minimum Gasteiger partial charge on any atom is -0.459 e. The molecular formula is C25H28ClN3O2S. The molecule has 1 amide bonds. The Bertz CT molecular complexity index is 1090. The third-order valence-electron chi connectivity index (χ3n) is 6.56. The van der Waals surface area contributed by atoms with Gasteiger partial charge in [0.15, 0.2) is 5.76 Å². The summed E-state index contributed by atoms with van der Waals surface area (Å²) in [7, 11) is 2.17. The predicted octanol–water partition coefficient (Wildman–Crippen LogP) is 5.46. The van der Waals surface area contributed by atoms with Crippen LogP contribution in [0, 0.1) is 0 Å². The van der Waals surface area contributed by atoms with Gasteiger partial charge in [0.1, 0.15) is 5.00 Å². The molecular weight excluding hydrogens is 442 g/mol. The van der Waals surface area contributed by atoms with E-state index in [-0.39, 0.29) is 11.9 Å². The maximum absolute atomic E-state index is 12.9. The first-order chi connectivity index (χ1) is 15.6. The van der Waals surface area contributed by atoms with E-state index in [0.29, 0.717) is 5.76 Å². The Morgan fingerprint density at radius 3 is 2.62 bits per heavy atom. The molecule has 0 bridgehead atoms. The molecule has 7 heteroatoms. The van der Waals surface area contributed by atoms with Gasteiger partial charge in [0, 0.05) is 41.6 Å². The van der Waals surface area contributed by atoms with Crippen molar-refractivity contribution in [3.8, 4) is 0 Å². The van der Waals surface area contributed by atoms with Gasteiger partial charge in [-0.15, -0.1) is 11.3 Å². The van der Waals surface area contributed by atoms with E-state index >= 15 is 0 Å². The Morgan fingerprint density at radius 2 is 1.88 bits per heavy atom. The van der Waals surface area contributed by atoms with Crippen molar-refractivity contribution in [2.45, 2.75) is 31.7 Å². The van der Waals surface area contributed by atoms with Crippen LogP contribution in [-0.2, 0) is 12.8 Å². The second-order valence-corrected chi connectivity index (χ2v) is 10.2. The quantitative estimate of drug-likeness (QED) is 0.538. The number of nitrogens with one attached hydrogen (secondary N) is 1. The van der Waals surface area contributed by atoms with E-state index in [1.54, 1.807) is 23.5 Å². The van der Waals surface area contributed by atoms with Crippen LogP contribution in [0.25, 0.3) is 0 Å². The topological polar surface area (TPSA) is 48.7 Å². The summed E-state index contributed by atoms with van der Waals surface area (Å²) in [6, 6.07) is 11.6. The first-order valence-electron chi connectivity index (χ1n) is 11.3. The number of hydrogen-bond acceptors (Lipinski definition) is 5. The van der Waals surface area contributed by atoms with Crippen molar-refractivity contribution in [2.75, 3.05) is 38.5 Å². The van der Waals surface area contributed by atoms with Crippen molar-refractivity contribution in [3.05, 3.63) is 75.0 Å². The number of benzene rings is 1. The molecule has 1 aromatic carbocycles. The molecule has 5 rings (SSSR count). The maximum Gasteiger partial charge on any atom is 0.291 e. The molecule has 0 spiro atoms. The second kappa shape index (κ2) is 9.40. The molecule has 1 fully saturated rings. The zero-order chi connectivity index (χ0) is 22.1. The molecule has 3 heterocycles. The minimum atomic E-state index is -0.203. The van der Waals surface area contributed by atoms with Crippen molar-refractivity contribution in [2.24, 2.45) is 0 Å². The molecule has 2 aromatic heterocycles. The van der Waals surface area contributed by atoms with Gasteiger partial charge in [0.2, 0.25) is 0 Å². The number of carbonyl (C=O) groups is 1. The summed E-state index contributed by atoms with van der Waals surface area (Å²) in [5, 5.41) is 4.90. The van der Waals surface area contributed by atoms with Crippen LogP contribution < -0.4 is 5.32 Å². The number of carbonyl (C=O) groups excluding carboxylic acids is 1. The van der Waals surface area contributed by atoms with Crippen LogP contribution in [0.15, 0.2) is 47.1 Å². The van der Waals surface area contributed by atoms with E-state index in [2.05, 4.69) is 34.3 Å². The number of piperazine rings is 1. The summed E-state index contributed by atoms with van der Waals surface area (Å²) >= 11 is 8.50. The van der Waals surface area contributed by atoms with E-state index < -0.39 is 0 Å². The largest absolute Gasteiger partial charge is 0.459 e. The van der Waals surface area contributed by atoms with E-state index in [1.807, 2.05) is 12.1 Å². The Kier molecular flexibility index (Phi) is 6.37. The van der Waals surface area contributed by atoms with Gasteiger partial charge in [-0.25, -0.2) is 0 Å². The Morgan fingerprint density at radius 1 is 1.09 bits per heavy atom. The van der Waals surface area contributed by atoms with Gasteiger partial charge < -0.3 is 14.6 Å². The number of furan rings is 1. The van der Waals surface area contributed by atoms with Crippen LogP contribution in [0.2, 0.25) is 5.02 Å². The fourth-order valence-electron chi connectivity index (χ4n) is 4.86. The number of hydrogen-bond donors (Lipinski definition) is 1. The number of rotatable bonds is 5. The lowest BCUT2D eigenvalue weighted by Gasteiger charge is -2.39. The minimum absolute atomic E-state index is 0.0161. The highest BCUT2D eigenvalue weighted by molar-refractivity contribution is 7.16. The summed E-state index contributed by atoms with van der Waals surface area (Å²) in [6.07, 6.45) is 6.03. The lowest BCUT2D eigenvalue weighted by molar-refractivity contribution is 0.0996. The van der Waals surface area contributed by atoms with Crippen LogP contribution in [-0.4, -0.2) is 48.9 Å². The molecule has 3 aromatic rings. The summed E-state index contributed by atoms with van der Waals surface area (Å²) in [4.78, 5) is 19.2. The molecule has 1 aliphatic heterocycles. The van der Waals surface area contributed by atoms with Crippen molar-refractivity contribution < 1.29 is 9.21 Å². The van der Waals surface area contributed by atoms with Crippen molar-refractivity contribution >= 4 is 33.8 Å². The van der Waals surface area contributed by atoms with Crippen LogP contribution >= 0.6 is 22.9 Å². The average Bonchev–Trinajstić information content (AvgIpc) is 3.45. The van der Waals surface area contributed by atoms with Gasteiger partial charge in [-0.05, 0) is 62.1 Å². The van der Waals surface area contributed by atoms with Gasteiger partial charge in [0.05, 0.1) is 12.3 Å². The van der Waals surface area contributed by atoms with Crippen LogP contribution in [0.3, 0.4) is 0 Å². The number of amides is 1. The number of fused-ring (bicyclic) bond motifs is 1. The Hall–Kier alpha value is -2.12. The molecule has 0 radical (unpaired) electrons. The number of thiophene rings is 1. The Balaban J connectivity index is 1.62. The van der Waals surface area contributed by atoms with Gasteiger partial charge in [-0.1, -0.05) is 29.8 Å². The molecule has 32 heavy (non-hydrogen) atoms. The molecule has 168 valence electrons. The first kappa shape index (κ1) is 21.7. The van der Waals surface area contributed by atoms with Crippen LogP contribution in [0.5, 0.6) is 0 Å². The molecule has 1 saturated heterocycles. The third kappa shape index (κ3) is 4.25. The van der Waals surface area contributed by atoms with E-state index in [4.69, 9.17) is 16.0 Å². The SMILES string of the molecule is CN1CCN(C(c2ccccc2Cl)c2c(NC(=O)c3ccco3)sc3c2CCCC3)CC1. The van der Waals surface area contributed by atoms with Crippen molar-refractivity contribution in [1.29, 1.82) is 0 Å². The summed E-state index contributed by atoms with van der Waals surface area (Å²) in [5.74, 6) is 0.127. The average molecular weight is 470 g/mol. The van der Waals surface area contributed by atoms with Gasteiger partial charge >= 0.3 is 0 Å². The molecule has 1 N–H and O–H groups in total. The predicted molar refractivity (Wildman–Crippen MR) is 130 cm³/mol. The van der Waals surface area contributed by atoms with Gasteiger partial charge in [0.25, 0.3) is 5.91 Å². The zero-order valence-corrected chi connectivity index (χ0v) is 19.8. The summed E-state index contributed by atoms with van der Waals surface area (Å²) < 4.78 is 5.36. The molecule has 1 atom stereocenters. The lowest BCUT2D eigenvalue weighted by Crippen LogP contribution is -2.46. The summed E-state index contributed by atoms with van der Waals surface area (Å²) in [5.41, 5.74) is 3.74. The lowest BCUT2D eigenvalue weighted by atomic mass is 9.88. The number of anilines is 1. The highest BCUT2D eigenvalue weighted by Crippen LogP contribution is 2.46. The van der Waals surface area contributed by atoms with Crippen LogP contribution in [0.4, 0.5) is 5.00 Å². The second-order valence-electron chi connectivity index (χ2n) is 8.65. The van der Waals surface area contributed by atoms with E-state index in [9.17, 15) is 4.79 Å². The highest BCUT2D eigenvalue weighted by atomic mass is 35.5. The van der Waals surface area contributed by atoms with E-state index in [0.717, 1.165) is 54.6 Å². The molecule has 0 saturated carbocycles. The fraction of sp³-hybridized carbons (Fsp3) is 0.400. The molecule has 1 aliphatic carbocycles. The van der Waals surface area contributed by atoms with E-state index in [1.165, 1.54) is 35.1 Å². The third-order valence-corrected chi connectivity index (χ3v) is 8.13. The number of nitrogens with zero attached hydrogens (tertiary/aromatic N) is 2. The normalized spacial score (nSPS) is 18.3. The van der Waals surface area contributed by atoms with Gasteiger partial charge in [-0.3, -0.25) is 9.69 Å². The number of aryl methyl sites for hydroxylation is 1. The smallest absolute Gasteiger partial charge is 0.291 e. The monoisotopic (exact) mass is 469 g/mol. The van der Waals surface area contributed by atoms with Crippen LogP contribution in [0.1, 0.15) is 51.0 Å². The highest BCUT2D eigenvalue weighted by Gasteiger charge is 2.34. The summed E-state index contributed by atoms with van der Waals surface area (Å²) in [6.45, 7) is 3.95. The number of likely N-dealkylation sites (N-methyl/N-ethyl adjacent to an activating group) is 1. The van der Waals surface area contributed by atoms with Crippen molar-refractivity contribution in [1.82, 2.24) is 9.80 Å². The zero-order valence-electron chi connectivity index (χ0n) is 18.3. The molecule has 2 aliphatic rings. The fourth-order valence-corrected chi connectivity index (χ4v) is 6.41. The maximum atomic E-state index is 12.9.